The van der Waals surface area contributed by atoms with Gasteiger partial charge in [0.1, 0.15) is 6.54 Å². The van der Waals surface area contributed by atoms with Crippen LogP contribution in [0.1, 0.15) is 0 Å². The zero-order valence-electron chi connectivity index (χ0n) is 14.1. The van der Waals surface area contributed by atoms with E-state index in [1.165, 1.54) is 4.90 Å². The molecule has 3 nitrogen and oxygen atoms in total. The number of amides is 1. The number of hydrogen-bond donors (Lipinski definition) is 1. The van der Waals surface area contributed by atoms with Gasteiger partial charge in [0.25, 0.3) is 0 Å². The monoisotopic (exact) mass is 358 g/mol. The predicted octanol–water partition coefficient (Wildman–Crippen LogP) is 5.43. The molecule has 0 spiro atoms. The number of rotatable bonds is 5. The highest BCUT2D eigenvalue weighted by Gasteiger charge is 2.12. The SMILES string of the molecule is O=C(Cn1cc(Sc2ccccc2)c2ccccc21)Nc1ccccc1. The van der Waals surface area contributed by atoms with E-state index in [0.29, 0.717) is 0 Å². The number of anilines is 1. The molecule has 0 aliphatic rings. The van der Waals surface area contributed by atoms with Crippen molar-refractivity contribution in [2.45, 2.75) is 16.3 Å². The Balaban J connectivity index is 1.60. The van der Waals surface area contributed by atoms with Crippen molar-refractivity contribution in [1.29, 1.82) is 0 Å². The molecule has 0 saturated carbocycles. The molecule has 26 heavy (non-hydrogen) atoms. The van der Waals surface area contributed by atoms with E-state index in [1.54, 1.807) is 11.8 Å². The molecule has 128 valence electrons. The highest BCUT2D eigenvalue weighted by molar-refractivity contribution is 7.99. The van der Waals surface area contributed by atoms with Gasteiger partial charge < -0.3 is 9.88 Å². The van der Waals surface area contributed by atoms with Crippen LogP contribution in [0.5, 0.6) is 0 Å². The average molecular weight is 358 g/mol. The Kier molecular flexibility index (Phi) is 4.75. The molecule has 1 N–H and O–H groups in total. The summed E-state index contributed by atoms with van der Waals surface area (Å²) in [5, 5.41) is 4.11. The summed E-state index contributed by atoms with van der Waals surface area (Å²) in [5.74, 6) is -0.0341. The summed E-state index contributed by atoms with van der Waals surface area (Å²) in [6, 6.07) is 28.0. The second kappa shape index (κ2) is 7.50. The standard InChI is InChI=1S/C22H18N2OS/c25-22(23-17-9-3-1-4-10-17)16-24-15-21(19-13-7-8-14-20(19)24)26-18-11-5-2-6-12-18/h1-15H,16H2,(H,23,25). The van der Waals surface area contributed by atoms with E-state index in [-0.39, 0.29) is 12.5 Å². The van der Waals surface area contributed by atoms with Gasteiger partial charge in [-0.25, -0.2) is 0 Å². The number of carbonyl (C=O) groups excluding carboxylic acids is 1. The zero-order valence-corrected chi connectivity index (χ0v) is 14.9. The topological polar surface area (TPSA) is 34.0 Å². The van der Waals surface area contributed by atoms with Crippen molar-refractivity contribution in [1.82, 2.24) is 4.57 Å². The number of fused-ring (bicyclic) bond motifs is 1. The van der Waals surface area contributed by atoms with E-state index in [2.05, 4.69) is 35.8 Å². The van der Waals surface area contributed by atoms with E-state index < -0.39 is 0 Å². The van der Waals surface area contributed by atoms with Gasteiger partial charge in [0.2, 0.25) is 5.91 Å². The van der Waals surface area contributed by atoms with Crippen LogP contribution in [0.25, 0.3) is 10.9 Å². The molecule has 1 aromatic heterocycles. The molecular formula is C22H18N2OS. The smallest absolute Gasteiger partial charge is 0.244 e. The molecule has 0 unspecified atom stereocenters. The van der Waals surface area contributed by atoms with Crippen LogP contribution in [-0.2, 0) is 11.3 Å². The summed E-state index contributed by atoms with van der Waals surface area (Å²) in [5.41, 5.74) is 1.88. The van der Waals surface area contributed by atoms with Gasteiger partial charge in [0.05, 0.1) is 0 Å². The first kappa shape index (κ1) is 16.5. The molecule has 0 radical (unpaired) electrons. The minimum Gasteiger partial charge on any atom is -0.337 e. The molecule has 4 heteroatoms. The summed E-state index contributed by atoms with van der Waals surface area (Å²) in [4.78, 5) is 14.8. The lowest BCUT2D eigenvalue weighted by atomic mass is 10.2. The van der Waals surface area contributed by atoms with Gasteiger partial charge >= 0.3 is 0 Å². The van der Waals surface area contributed by atoms with E-state index in [1.807, 2.05) is 65.2 Å². The van der Waals surface area contributed by atoms with Crippen molar-refractivity contribution >= 4 is 34.3 Å². The molecule has 4 rings (SSSR count). The summed E-state index contributed by atoms with van der Waals surface area (Å²) in [7, 11) is 0. The van der Waals surface area contributed by atoms with Gasteiger partial charge in [0, 0.05) is 32.6 Å². The lowest BCUT2D eigenvalue weighted by Crippen LogP contribution is -2.18. The van der Waals surface area contributed by atoms with Crippen LogP contribution in [0.15, 0.2) is 101 Å². The predicted molar refractivity (Wildman–Crippen MR) is 108 cm³/mol. The molecule has 0 atom stereocenters. The molecule has 0 saturated heterocycles. The van der Waals surface area contributed by atoms with Crippen molar-refractivity contribution in [3.8, 4) is 0 Å². The van der Waals surface area contributed by atoms with Crippen molar-refractivity contribution in [2.24, 2.45) is 0 Å². The molecule has 1 amide bonds. The van der Waals surface area contributed by atoms with Crippen molar-refractivity contribution < 1.29 is 4.79 Å². The highest BCUT2D eigenvalue weighted by atomic mass is 32.2. The number of carbonyl (C=O) groups is 1. The van der Waals surface area contributed by atoms with Crippen LogP contribution in [0.2, 0.25) is 0 Å². The number of nitrogens with zero attached hydrogens (tertiary/aromatic N) is 1. The summed E-state index contributed by atoms with van der Waals surface area (Å²) in [6.45, 7) is 0.282. The number of para-hydroxylation sites is 2. The Labute approximate surface area is 156 Å². The van der Waals surface area contributed by atoms with Gasteiger partial charge in [-0.2, -0.15) is 0 Å². The van der Waals surface area contributed by atoms with E-state index >= 15 is 0 Å². The first-order chi connectivity index (χ1) is 12.8. The third-order valence-corrected chi connectivity index (χ3v) is 5.15. The Morgan fingerprint density at radius 2 is 1.50 bits per heavy atom. The van der Waals surface area contributed by atoms with Crippen molar-refractivity contribution in [3.05, 3.63) is 91.1 Å². The summed E-state index contributed by atoms with van der Waals surface area (Å²) >= 11 is 1.72. The number of benzene rings is 3. The largest absolute Gasteiger partial charge is 0.337 e. The van der Waals surface area contributed by atoms with Crippen LogP contribution in [0.3, 0.4) is 0 Å². The maximum Gasteiger partial charge on any atom is 0.244 e. The van der Waals surface area contributed by atoms with Gasteiger partial charge in [-0.15, -0.1) is 0 Å². The summed E-state index contributed by atoms with van der Waals surface area (Å²) < 4.78 is 2.01. The van der Waals surface area contributed by atoms with Crippen LogP contribution >= 0.6 is 11.8 Å². The summed E-state index contributed by atoms with van der Waals surface area (Å²) in [6.07, 6.45) is 2.06. The first-order valence-electron chi connectivity index (χ1n) is 8.45. The Hall–Kier alpha value is -2.98. The number of nitrogens with one attached hydrogen (secondary N) is 1. The maximum absolute atomic E-state index is 12.5. The first-order valence-corrected chi connectivity index (χ1v) is 9.27. The molecular weight excluding hydrogens is 340 g/mol. The van der Waals surface area contributed by atoms with Crippen molar-refractivity contribution in [3.63, 3.8) is 0 Å². The van der Waals surface area contributed by atoms with E-state index in [0.717, 1.165) is 21.5 Å². The van der Waals surface area contributed by atoms with Crippen LogP contribution in [0, 0.1) is 0 Å². The minimum atomic E-state index is -0.0341. The Bertz CT molecular complexity index is 1030. The average Bonchev–Trinajstić information content (AvgIpc) is 3.01. The fourth-order valence-corrected chi connectivity index (χ4v) is 3.93. The van der Waals surface area contributed by atoms with Gasteiger partial charge in [0.15, 0.2) is 0 Å². The minimum absolute atomic E-state index is 0.0341. The van der Waals surface area contributed by atoms with Crippen LogP contribution in [-0.4, -0.2) is 10.5 Å². The van der Waals surface area contributed by atoms with Crippen LogP contribution in [0.4, 0.5) is 5.69 Å². The number of hydrogen-bond acceptors (Lipinski definition) is 2. The Morgan fingerprint density at radius 3 is 2.27 bits per heavy atom. The van der Waals surface area contributed by atoms with Crippen molar-refractivity contribution in [2.75, 3.05) is 5.32 Å². The lowest BCUT2D eigenvalue weighted by Gasteiger charge is -2.07. The third kappa shape index (κ3) is 3.65. The normalized spacial score (nSPS) is 10.8. The molecule has 0 bridgehead atoms. The molecule has 1 heterocycles. The highest BCUT2D eigenvalue weighted by Crippen LogP contribution is 2.34. The quantitative estimate of drug-likeness (QED) is 0.516. The van der Waals surface area contributed by atoms with E-state index in [4.69, 9.17) is 0 Å². The fraction of sp³-hybridized carbons (Fsp3) is 0.0455. The third-order valence-electron chi connectivity index (χ3n) is 4.09. The second-order valence-corrected chi connectivity index (χ2v) is 7.08. The second-order valence-electron chi connectivity index (χ2n) is 5.97. The maximum atomic E-state index is 12.5. The van der Waals surface area contributed by atoms with Gasteiger partial charge in [-0.05, 0) is 30.3 Å². The van der Waals surface area contributed by atoms with Gasteiger partial charge in [-0.1, -0.05) is 66.4 Å². The van der Waals surface area contributed by atoms with Crippen LogP contribution < -0.4 is 5.32 Å². The molecule has 4 aromatic rings. The fourth-order valence-electron chi connectivity index (χ4n) is 2.92. The molecule has 3 aromatic carbocycles. The number of aromatic nitrogens is 1. The van der Waals surface area contributed by atoms with E-state index in [9.17, 15) is 4.79 Å². The Morgan fingerprint density at radius 1 is 0.846 bits per heavy atom. The lowest BCUT2D eigenvalue weighted by molar-refractivity contribution is -0.116. The van der Waals surface area contributed by atoms with Gasteiger partial charge in [-0.3, -0.25) is 4.79 Å². The molecule has 0 aliphatic heterocycles. The molecule has 0 aliphatic carbocycles. The zero-order chi connectivity index (χ0) is 17.8. The molecule has 0 fully saturated rings.